The highest BCUT2D eigenvalue weighted by atomic mass is 14.8. The van der Waals surface area contributed by atoms with E-state index in [0.29, 0.717) is 6.04 Å². The molecule has 0 aliphatic heterocycles. The highest BCUT2D eigenvalue weighted by molar-refractivity contribution is 5.60. The Labute approximate surface area is 69.4 Å². The summed E-state index contributed by atoms with van der Waals surface area (Å²) in [5.41, 5.74) is 1.22. The maximum Gasteiger partial charge on any atom is 0.0439 e. The molecule has 0 spiro atoms. The van der Waals surface area contributed by atoms with Crippen molar-refractivity contribution in [1.82, 2.24) is 5.32 Å². The third kappa shape index (κ3) is 5.64. The van der Waals surface area contributed by atoms with Gasteiger partial charge in [-0.15, -0.1) is 0 Å². The number of nitrogens with one attached hydrogen (secondary N) is 1. The SMILES string of the molecule is C/C=C(\CC=NC(C)C)NC. The van der Waals surface area contributed by atoms with Gasteiger partial charge in [-0.25, -0.2) is 0 Å². The topological polar surface area (TPSA) is 24.4 Å². The van der Waals surface area contributed by atoms with Crippen molar-refractivity contribution in [2.75, 3.05) is 7.05 Å². The van der Waals surface area contributed by atoms with E-state index in [0.717, 1.165) is 6.42 Å². The highest BCUT2D eigenvalue weighted by Crippen LogP contribution is 1.93. The Morgan fingerprint density at radius 2 is 2.18 bits per heavy atom. The van der Waals surface area contributed by atoms with Crippen molar-refractivity contribution < 1.29 is 0 Å². The second-order valence-corrected chi connectivity index (χ2v) is 2.69. The Hall–Kier alpha value is -0.790. The molecule has 0 rings (SSSR count). The molecule has 0 unspecified atom stereocenters. The first-order valence-corrected chi connectivity index (χ1v) is 4.05. The van der Waals surface area contributed by atoms with Crippen molar-refractivity contribution in [2.45, 2.75) is 33.2 Å². The monoisotopic (exact) mass is 154 g/mol. The van der Waals surface area contributed by atoms with Crippen LogP contribution in [0, 0.1) is 0 Å². The molecule has 0 amide bonds. The van der Waals surface area contributed by atoms with Crippen LogP contribution in [0.1, 0.15) is 27.2 Å². The molecular formula is C9H18N2. The first-order valence-electron chi connectivity index (χ1n) is 4.05. The molecular weight excluding hydrogens is 136 g/mol. The molecule has 0 aromatic heterocycles. The lowest BCUT2D eigenvalue weighted by atomic mass is 10.3. The second kappa shape index (κ2) is 5.96. The van der Waals surface area contributed by atoms with Gasteiger partial charge in [0.1, 0.15) is 0 Å². The molecule has 0 atom stereocenters. The Kier molecular flexibility index (Phi) is 5.53. The lowest BCUT2D eigenvalue weighted by Crippen LogP contribution is -2.05. The maximum absolute atomic E-state index is 4.25. The average molecular weight is 154 g/mol. The van der Waals surface area contributed by atoms with E-state index in [9.17, 15) is 0 Å². The molecule has 0 bridgehead atoms. The van der Waals surface area contributed by atoms with E-state index in [1.807, 2.05) is 20.2 Å². The lowest BCUT2D eigenvalue weighted by molar-refractivity contribution is 0.834. The molecule has 0 aliphatic rings. The number of allylic oxidation sites excluding steroid dienone is 2. The van der Waals surface area contributed by atoms with Gasteiger partial charge in [0, 0.05) is 31.4 Å². The van der Waals surface area contributed by atoms with Crippen LogP contribution in [0.15, 0.2) is 16.8 Å². The normalized spacial score (nSPS) is 13.0. The second-order valence-electron chi connectivity index (χ2n) is 2.69. The van der Waals surface area contributed by atoms with E-state index in [2.05, 4.69) is 30.2 Å². The van der Waals surface area contributed by atoms with Crippen molar-refractivity contribution >= 4 is 6.21 Å². The van der Waals surface area contributed by atoms with Gasteiger partial charge in [0.2, 0.25) is 0 Å². The van der Waals surface area contributed by atoms with E-state index in [1.165, 1.54) is 5.70 Å². The predicted molar refractivity (Wildman–Crippen MR) is 51.1 cm³/mol. The summed E-state index contributed by atoms with van der Waals surface area (Å²) in [5.74, 6) is 0. The van der Waals surface area contributed by atoms with E-state index in [-0.39, 0.29) is 0 Å². The summed E-state index contributed by atoms with van der Waals surface area (Å²) in [4.78, 5) is 4.25. The van der Waals surface area contributed by atoms with Crippen molar-refractivity contribution in [2.24, 2.45) is 4.99 Å². The first kappa shape index (κ1) is 10.2. The quantitative estimate of drug-likeness (QED) is 0.615. The van der Waals surface area contributed by atoms with Gasteiger partial charge >= 0.3 is 0 Å². The van der Waals surface area contributed by atoms with Crippen molar-refractivity contribution in [3.63, 3.8) is 0 Å². The zero-order chi connectivity index (χ0) is 8.69. The summed E-state index contributed by atoms with van der Waals surface area (Å²) in [6.07, 6.45) is 4.92. The van der Waals surface area contributed by atoms with Crippen LogP contribution in [0.25, 0.3) is 0 Å². The summed E-state index contributed by atoms with van der Waals surface area (Å²) in [6, 6.07) is 0.407. The number of hydrogen-bond donors (Lipinski definition) is 1. The fourth-order valence-electron chi connectivity index (χ4n) is 0.726. The molecule has 1 N–H and O–H groups in total. The maximum atomic E-state index is 4.25. The molecule has 0 aromatic carbocycles. The Morgan fingerprint density at radius 1 is 1.55 bits per heavy atom. The van der Waals surface area contributed by atoms with Crippen molar-refractivity contribution in [1.29, 1.82) is 0 Å². The summed E-state index contributed by atoms with van der Waals surface area (Å²) in [5, 5.41) is 3.10. The predicted octanol–water partition coefficient (Wildman–Crippen LogP) is 1.98. The van der Waals surface area contributed by atoms with Gasteiger partial charge in [0.25, 0.3) is 0 Å². The average Bonchev–Trinajstić information content (AvgIpc) is 1.98. The van der Waals surface area contributed by atoms with Crippen LogP contribution in [0.3, 0.4) is 0 Å². The Balaban J connectivity index is 3.68. The van der Waals surface area contributed by atoms with Crippen LogP contribution in [0.5, 0.6) is 0 Å². The molecule has 0 radical (unpaired) electrons. The van der Waals surface area contributed by atoms with Gasteiger partial charge < -0.3 is 5.32 Å². The number of aliphatic imine (C=N–C) groups is 1. The zero-order valence-corrected chi connectivity index (χ0v) is 7.89. The Morgan fingerprint density at radius 3 is 2.55 bits per heavy atom. The van der Waals surface area contributed by atoms with Gasteiger partial charge in [0.05, 0.1) is 0 Å². The van der Waals surface area contributed by atoms with Crippen LogP contribution < -0.4 is 5.32 Å². The smallest absolute Gasteiger partial charge is 0.0439 e. The standard InChI is InChI=1S/C9H18N2/c1-5-9(10-4)6-7-11-8(2)3/h5,7-8,10H,6H2,1-4H3/b9-5+,11-7?. The minimum absolute atomic E-state index is 0.407. The van der Waals surface area contributed by atoms with Crippen LogP contribution in [0.4, 0.5) is 0 Å². The summed E-state index contributed by atoms with van der Waals surface area (Å²) < 4.78 is 0. The first-order chi connectivity index (χ1) is 5.20. The molecule has 2 heteroatoms. The van der Waals surface area contributed by atoms with E-state index >= 15 is 0 Å². The van der Waals surface area contributed by atoms with Gasteiger partial charge in [0.15, 0.2) is 0 Å². The molecule has 0 saturated heterocycles. The van der Waals surface area contributed by atoms with Crippen LogP contribution in [-0.4, -0.2) is 19.3 Å². The fraction of sp³-hybridized carbons (Fsp3) is 0.667. The highest BCUT2D eigenvalue weighted by Gasteiger charge is 1.88. The van der Waals surface area contributed by atoms with Crippen molar-refractivity contribution in [3.8, 4) is 0 Å². The molecule has 64 valence electrons. The van der Waals surface area contributed by atoms with E-state index < -0.39 is 0 Å². The molecule has 0 aromatic rings. The van der Waals surface area contributed by atoms with Gasteiger partial charge in [-0.05, 0) is 20.8 Å². The van der Waals surface area contributed by atoms with Crippen LogP contribution in [0.2, 0.25) is 0 Å². The van der Waals surface area contributed by atoms with E-state index in [1.54, 1.807) is 0 Å². The van der Waals surface area contributed by atoms with Gasteiger partial charge in [-0.1, -0.05) is 6.08 Å². The largest absolute Gasteiger partial charge is 0.391 e. The minimum atomic E-state index is 0.407. The zero-order valence-electron chi connectivity index (χ0n) is 7.89. The molecule has 11 heavy (non-hydrogen) atoms. The summed E-state index contributed by atoms with van der Waals surface area (Å²) >= 11 is 0. The van der Waals surface area contributed by atoms with Gasteiger partial charge in [-0.3, -0.25) is 4.99 Å². The number of rotatable bonds is 4. The molecule has 0 saturated carbocycles. The van der Waals surface area contributed by atoms with Crippen LogP contribution in [-0.2, 0) is 0 Å². The van der Waals surface area contributed by atoms with Crippen LogP contribution >= 0.6 is 0 Å². The number of nitrogens with zero attached hydrogens (tertiary/aromatic N) is 1. The molecule has 0 heterocycles. The summed E-state index contributed by atoms with van der Waals surface area (Å²) in [6.45, 7) is 6.17. The lowest BCUT2D eigenvalue weighted by Gasteiger charge is -2.01. The van der Waals surface area contributed by atoms with Gasteiger partial charge in [-0.2, -0.15) is 0 Å². The molecule has 2 nitrogen and oxygen atoms in total. The third-order valence-corrected chi connectivity index (χ3v) is 1.38. The fourth-order valence-corrected chi connectivity index (χ4v) is 0.726. The molecule has 0 aliphatic carbocycles. The minimum Gasteiger partial charge on any atom is -0.391 e. The summed E-state index contributed by atoms with van der Waals surface area (Å²) in [7, 11) is 1.93. The van der Waals surface area contributed by atoms with E-state index in [4.69, 9.17) is 0 Å². The third-order valence-electron chi connectivity index (χ3n) is 1.38. The Bertz CT molecular complexity index is 146. The number of hydrogen-bond acceptors (Lipinski definition) is 2. The molecule has 0 fully saturated rings. The van der Waals surface area contributed by atoms with Crippen molar-refractivity contribution in [3.05, 3.63) is 11.8 Å².